The number of ether oxygens (including phenoxy) is 1. The van der Waals surface area contributed by atoms with Crippen LogP contribution in [0.4, 0.5) is 4.39 Å². The minimum atomic E-state index is -0.922. The minimum Gasteiger partial charge on any atom is -0.618 e. The fourth-order valence-corrected chi connectivity index (χ4v) is 1.19. The van der Waals surface area contributed by atoms with Gasteiger partial charge in [0.15, 0.2) is 0 Å². The predicted octanol–water partition coefficient (Wildman–Crippen LogP) is 1.98. The van der Waals surface area contributed by atoms with Gasteiger partial charge >= 0.3 is 5.97 Å². The van der Waals surface area contributed by atoms with Gasteiger partial charge in [0.2, 0.25) is 23.5 Å². The summed E-state index contributed by atoms with van der Waals surface area (Å²) in [5, 5.41) is 10.8. The Bertz CT molecular complexity index is 408. The Hall–Kier alpha value is -1.36. The first-order chi connectivity index (χ1) is 7.34. The molecule has 0 atom stereocenters. The monoisotopic (exact) mass is 247 g/mol. The van der Waals surface area contributed by atoms with Gasteiger partial charge in [-0.05, 0) is 0 Å². The van der Waals surface area contributed by atoms with Crippen LogP contribution in [-0.2, 0) is 4.79 Å². The topological polar surface area (TPSA) is 53.2 Å². The molecule has 1 aromatic heterocycles. The molecular formula is C10H11ClFNO3. The quantitative estimate of drug-likeness (QED) is 0.456. The van der Waals surface area contributed by atoms with Crippen LogP contribution < -0.4 is 9.47 Å². The zero-order chi connectivity index (χ0) is 12.5. The third-order valence-corrected chi connectivity index (χ3v) is 2.33. The molecule has 4 nitrogen and oxygen atoms in total. The normalized spacial score (nSPS) is 10.6. The molecule has 1 heterocycles. The molecule has 0 saturated carbocycles. The van der Waals surface area contributed by atoms with Crippen molar-refractivity contribution in [2.75, 3.05) is 0 Å². The van der Waals surface area contributed by atoms with Gasteiger partial charge in [0, 0.05) is 6.92 Å². The molecule has 88 valence electrons. The van der Waals surface area contributed by atoms with Crippen molar-refractivity contribution in [2.45, 2.75) is 20.8 Å². The summed E-state index contributed by atoms with van der Waals surface area (Å²) in [6.45, 7) is 4.63. The molecule has 0 radical (unpaired) electrons. The second-order valence-corrected chi connectivity index (χ2v) is 3.99. The fourth-order valence-electron chi connectivity index (χ4n) is 0.961. The Balaban J connectivity index is 3.18. The van der Waals surface area contributed by atoms with Crippen LogP contribution in [0.2, 0.25) is 5.02 Å². The van der Waals surface area contributed by atoms with Gasteiger partial charge in [-0.2, -0.15) is 9.12 Å². The van der Waals surface area contributed by atoms with Crippen LogP contribution in [0.3, 0.4) is 0 Å². The van der Waals surface area contributed by atoms with E-state index < -0.39 is 11.8 Å². The van der Waals surface area contributed by atoms with E-state index in [2.05, 4.69) is 0 Å². The van der Waals surface area contributed by atoms with Gasteiger partial charge in [-0.25, -0.2) is 0 Å². The summed E-state index contributed by atoms with van der Waals surface area (Å²) in [7, 11) is 0. The van der Waals surface area contributed by atoms with E-state index in [9.17, 15) is 14.4 Å². The van der Waals surface area contributed by atoms with Gasteiger partial charge in [0.1, 0.15) is 5.02 Å². The van der Waals surface area contributed by atoms with Gasteiger partial charge in [0.25, 0.3) is 0 Å². The first-order valence-corrected chi connectivity index (χ1v) is 5.01. The second-order valence-electron chi connectivity index (χ2n) is 3.61. The summed E-state index contributed by atoms with van der Waals surface area (Å²) < 4.78 is 18.3. The predicted molar refractivity (Wildman–Crippen MR) is 55.6 cm³/mol. The molecule has 6 heteroatoms. The summed E-state index contributed by atoms with van der Waals surface area (Å²) in [6, 6.07) is 0. The first kappa shape index (κ1) is 12.7. The van der Waals surface area contributed by atoms with E-state index in [0.717, 1.165) is 0 Å². The highest BCUT2D eigenvalue weighted by Crippen LogP contribution is 2.29. The van der Waals surface area contributed by atoms with Gasteiger partial charge in [-0.3, -0.25) is 4.79 Å². The molecule has 1 aromatic rings. The molecule has 0 fully saturated rings. The Morgan fingerprint density at radius 1 is 1.62 bits per heavy atom. The second kappa shape index (κ2) is 4.65. The Morgan fingerprint density at radius 2 is 2.19 bits per heavy atom. The average molecular weight is 248 g/mol. The molecular weight excluding hydrogens is 237 g/mol. The van der Waals surface area contributed by atoms with E-state index in [-0.39, 0.29) is 27.1 Å². The summed E-state index contributed by atoms with van der Waals surface area (Å²) >= 11 is 5.61. The third-order valence-electron chi connectivity index (χ3n) is 1.97. The van der Waals surface area contributed by atoms with E-state index in [1.807, 2.05) is 0 Å². The Labute approximate surface area is 97.2 Å². The maximum Gasteiger partial charge on any atom is 0.314 e. The van der Waals surface area contributed by atoms with Crippen LogP contribution >= 0.6 is 11.6 Å². The zero-order valence-corrected chi connectivity index (χ0v) is 9.84. The molecule has 0 saturated heterocycles. The molecule has 0 aliphatic heterocycles. The number of rotatable bonds is 2. The molecule has 0 amide bonds. The third kappa shape index (κ3) is 2.41. The highest BCUT2D eigenvalue weighted by Gasteiger charge is 2.22. The first-order valence-electron chi connectivity index (χ1n) is 4.64. The summed E-state index contributed by atoms with van der Waals surface area (Å²) in [4.78, 5) is 11.3. The Morgan fingerprint density at radius 3 is 2.69 bits per heavy atom. The Kier molecular flexibility index (Phi) is 3.70. The number of pyridine rings is 1. The summed E-state index contributed by atoms with van der Waals surface area (Å²) in [5.41, 5.74) is 0.0420. The van der Waals surface area contributed by atoms with E-state index in [0.29, 0.717) is 6.20 Å². The number of esters is 1. The zero-order valence-electron chi connectivity index (χ0n) is 9.08. The van der Waals surface area contributed by atoms with Crippen LogP contribution in [0, 0.1) is 23.9 Å². The fraction of sp³-hybridized carbons (Fsp3) is 0.400. The number of hydrogen-bond donors (Lipinski definition) is 0. The lowest BCUT2D eigenvalue weighted by molar-refractivity contribution is -0.614. The van der Waals surface area contributed by atoms with E-state index in [4.69, 9.17) is 16.3 Å². The maximum absolute atomic E-state index is 13.1. The van der Waals surface area contributed by atoms with Gasteiger partial charge < -0.3 is 9.94 Å². The minimum absolute atomic E-state index is 0.0420. The van der Waals surface area contributed by atoms with Gasteiger partial charge in [0.05, 0.1) is 5.92 Å². The molecule has 16 heavy (non-hydrogen) atoms. The molecule has 0 bridgehead atoms. The van der Waals surface area contributed by atoms with Crippen LogP contribution in [-0.4, -0.2) is 5.97 Å². The number of carbonyl (C=O) groups is 1. The maximum atomic E-state index is 13.1. The van der Waals surface area contributed by atoms with Crippen LogP contribution in [0.15, 0.2) is 6.20 Å². The molecule has 0 N–H and O–H groups in total. The lowest BCUT2D eigenvalue weighted by Crippen LogP contribution is -2.32. The molecule has 0 spiro atoms. The smallest absolute Gasteiger partial charge is 0.314 e. The van der Waals surface area contributed by atoms with Crippen molar-refractivity contribution in [3.8, 4) is 5.75 Å². The van der Waals surface area contributed by atoms with Crippen molar-refractivity contribution in [1.29, 1.82) is 0 Å². The number of nitrogens with zero attached hydrogens (tertiary/aromatic N) is 1. The van der Waals surface area contributed by atoms with E-state index >= 15 is 0 Å². The van der Waals surface area contributed by atoms with Crippen molar-refractivity contribution in [1.82, 2.24) is 0 Å². The van der Waals surface area contributed by atoms with Crippen molar-refractivity contribution in [3.63, 3.8) is 0 Å². The largest absolute Gasteiger partial charge is 0.618 e. The highest BCUT2D eigenvalue weighted by atomic mass is 35.5. The van der Waals surface area contributed by atoms with Gasteiger partial charge in [-0.1, -0.05) is 25.4 Å². The lowest BCUT2D eigenvalue weighted by Gasteiger charge is -2.11. The summed E-state index contributed by atoms with van der Waals surface area (Å²) in [5.74, 6) is -2.11. The van der Waals surface area contributed by atoms with Crippen LogP contribution in [0.5, 0.6) is 5.75 Å². The highest BCUT2D eigenvalue weighted by molar-refractivity contribution is 6.32. The molecule has 0 unspecified atom stereocenters. The standard InChI is InChI=1S/C10H11ClFNO3/c1-5(2)10(14)16-9-6(3)13(15)4-7(12)8(9)11/h4-5H,1-3H3. The SMILES string of the molecule is Cc1c(OC(=O)C(C)C)c(Cl)c(F)c[n+]1[O-]. The van der Waals surface area contributed by atoms with Crippen molar-refractivity contribution < 1.29 is 18.7 Å². The number of halogens is 2. The van der Waals surface area contributed by atoms with Crippen LogP contribution in [0.25, 0.3) is 0 Å². The lowest BCUT2D eigenvalue weighted by atomic mass is 10.2. The molecule has 0 aliphatic carbocycles. The molecule has 0 aromatic carbocycles. The van der Waals surface area contributed by atoms with Gasteiger partial charge in [-0.15, -0.1) is 0 Å². The van der Waals surface area contributed by atoms with Crippen LogP contribution in [0.1, 0.15) is 19.5 Å². The molecule has 0 aliphatic rings. The average Bonchev–Trinajstić information content (AvgIpc) is 2.21. The number of carbonyl (C=O) groups excluding carboxylic acids is 1. The van der Waals surface area contributed by atoms with Crippen molar-refractivity contribution in [3.05, 3.63) is 27.9 Å². The van der Waals surface area contributed by atoms with E-state index in [1.54, 1.807) is 13.8 Å². The number of aromatic nitrogens is 1. The van der Waals surface area contributed by atoms with Crippen molar-refractivity contribution in [2.24, 2.45) is 5.92 Å². The summed E-state index contributed by atoms with van der Waals surface area (Å²) in [6.07, 6.45) is 0.685. The number of hydrogen-bond acceptors (Lipinski definition) is 3. The van der Waals surface area contributed by atoms with Crippen molar-refractivity contribution >= 4 is 17.6 Å². The molecule has 1 rings (SSSR count). The van der Waals surface area contributed by atoms with E-state index in [1.165, 1.54) is 6.92 Å².